The van der Waals surface area contributed by atoms with Crippen molar-refractivity contribution in [2.24, 2.45) is 0 Å². The van der Waals surface area contributed by atoms with Gasteiger partial charge >= 0.3 is 6.18 Å². The summed E-state index contributed by atoms with van der Waals surface area (Å²) in [5.74, 6) is 0.442. The molecule has 0 aromatic rings. The Hall–Kier alpha value is 0.0400. The first kappa shape index (κ1) is 12.1. The zero-order valence-electron chi connectivity index (χ0n) is 7.99. The minimum absolute atomic E-state index is 0.0981. The van der Waals surface area contributed by atoms with E-state index in [-0.39, 0.29) is 12.6 Å². The summed E-state index contributed by atoms with van der Waals surface area (Å²) in [4.78, 5) is 1.87. The minimum Gasteiger partial charge on any atom is -0.299 e. The first-order valence-corrected chi connectivity index (χ1v) is 5.43. The van der Waals surface area contributed by atoms with Crippen LogP contribution in [0.4, 0.5) is 13.2 Å². The second kappa shape index (κ2) is 5.21. The van der Waals surface area contributed by atoms with Crippen LogP contribution in [-0.2, 0) is 0 Å². The molecule has 1 saturated heterocycles. The van der Waals surface area contributed by atoms with Crippen molar-refractivity contribution in [1.29, 1.82) is 0 Å². The van der Waals surface area contributed by atoms with E-state index in [9.17, 15) is 13.2 Å². The normalized spacial score (nSPS) is 25.3. The summed E-state index contributed by atoms with van der Waals surface area (Å²) in [5.41, 5.74) is 0. The van der Waals surface area contributed by atoms with Crippen LogP contribution in [-0.4, -0.2) is 36.1 Å². The number of nitrogens with zero attached hydrogens (tertiary/aromatic N) is 1. The van der Waals surface area contributed by atoms with E-state index in [1.165, 1.54) is 0 Å². The third-order valence-corrected chi connectivity index (χ3v) is 2.97. The first-order valence-electron chi connectivity index (χ1n) is 4.89. The number of hydrogen-bond donors (Lipinski definition) is 0. The molecular formula is C9H15ClF3N. The molecule has 0 N–H and O–H groups in total. The van der Waals surface area contributed by atoms with Crippen LogP contribution in [0.25, 0.3) is 0 Å². The van der Waals surface area contributed by atoms with Crippen molar-refractivity contribution in [3.8, 4) is 0 Å². The zero-order valence-corrected chi connectivity index (χ0v) is 8.74. The van der Waals surface area contributed by atoms with Gasteiger partial charge in [-0.2, -0.15) is 13.2 Å². The van der Waals surface area contributed by atoms with E-state index in [4.69, 9.17) is 11.6 Å². The van der Waals surface area contributed by atoms with Crippen LogP contribution in [0.2, 0.25) is 0 Å². The van der Waals surface area contributed by atoms with Gasteiger partial charge in [0.15, 0.2) is 0 Å². The Bertz CT molecular complexity index is 172. The molecular weight excluding hydrogens is 215 g/mol. The van der Waals surface area contributed by atoms with Crippen LogP contribution in [0.1, 0.15) is 25.7 Å². The second-order valence-corrected chi connectivity index (χ2v) is 4.01. The molecule has 0 saturated carbocycles. The molecule has 0 aromatic carbocycles. The molecule has 0 aromatic heterocycles. The van der Waals surface area contributed by atoms with Gasteiger partial charge in [-0.05, 0) is 19.4 Å². The van der Waals surface area contributed by atoms with Gasteiger partial charge in [0, 0.05) is 18.5 Å². The van der Waals surface area contributed by atoms with Gasteiger partial charge in [-0.1, -0.05) is 6.42 Å². The van der Waals surface area contributed by atoms with Crippen LogP contribution >= 0.6 is 11.6 Å². The summed E-state index contributed by atoms with van der Waals surface area (Å²) in [5, 5.41) is 0. The highest BCUT2D eigenvalue weighted by Gasteiger charge is 2.30. The molecule has 1 aliphatic heterocycles. The van der Waals surface area contributed by atoms with Gasteiger partial charge in [-0.15, -0.1) is 11.6 Å². The van der Waals surface area contributed by atoms with Gasteiger partial charge in [0.1, 0.15) is 0 Å². The fraction of sp³-hybridized carbons (Fsp3) is 1.00. The predicted molar refractivity (Wildman–Crippen MR) is 50.6 cm³/mol. The summed E-state index contributed by atoms with van der Waals surface area (Å²) < 4.78 is 35.9. The average molecular weight is 230 g/mol. The average Bonchev–Trinajstić information content (AvgIpc) is 2.14. The summed E-state index contributed by atoms with van der Waals surface area (Å²) in [6, 6.07) is 0.146. The smallest absolute Gasteiger partial charge is 0.299 e. The Kier molecular flexibility index (Phi) is 4.51. The maximum atomic E-state index is 12.0. The van der Waals surface area contributed by atoms with E-state index >= 15 is 0 Å². The van der Waals surface area contributed by atoms with Crippen molar-refractivity contribution >= 4 is 11.6 Å². The lowest BCUT2D eigenvalue weighted by molar-refractivity contribution is -0.139. The van der Waals surface area contributed by atoms with E-state index in [0.29, 0.717) is 5.88 Å². The molecule has 0 radical (unpaired) electrons. The van der Waals surface area contributed by atoms with Crippen LogP contribution in [0.15, 0.2) is 0 Å². The quantitative estimate of drug-likeness (QED) is 0.673. The SMILES string of the molecule is FC(F)(F)CCN1CCCCC1CCl. The third-order valence-electron chi connectivity index (χ3n) is 2.61. The Morgan fingerprint density at radius 3 is 2.57 bits per heavy atom. The topological polar surface area (TPSA) is 3.24 Å². The van der Waals surface area contributed by atoms with Crippen LogP contribution in [0.5, 0.6) is 0 Å². The van der Waals surface area contributed by atoms with Gasteiger partial charge in [-0.25, -0.2) is 0 Å². The molecule has 1 rings (SSSR count). The highest BCUT2D eigenvalue weighted by molar-refractivity contribution is 6.18. The predicted octanol–water partition coefficient (Wildman–Crippen LogP) is 3.03. The fourth-order valence-electron chi connectivity index (χ4n) is 1.80. The first-order chi connectivity index (χ1) is 6.53. The highest BCUT2D eigenvalue weighted by atomic mass is 35.5. The van der Waals surface area contributed by atoms with E-state index < -0.39 is 12.6 Å². The Labute approximate surface area is 87.2 Å². The molecule has 0 aliphatic carbocycles. The van der Waals surface area contributed by atoms with Gasteiger partial charge in [0.2, 0.25) is 0 Å². The van der Waals surface area contributed by atoms with Gasteiger partial charge in [0.25, 0.3) is 0 Å². The Balaban J connectivity index is 2.33. The van der Waals surface area contributed by atoms with Crippen molar-refractivity contribution in [2.45, 2.75) is 37.9 Å². The molecule has 0 bridgehead atoms. The Morgan fingerprint density at radius 1 is 1.29 bits per heavy atom. The lowest BCUT2D eigenvalue weighted by Gasteiger charge is -2.34. The summed E-state index contributed by atoms with van der Waals surface area (Å²) in [7, 11) is 0. The zero-order chi connectivity index (χ0) is 10.6. The summed E-state index contributed by atoms with van der Waals surface area (Å²) in [6.45, 7) is 0.856. The maximum Gasteiger partial charge on any atom is 0.390 e. The van der Waals surface area contributed by atoms with Crippen LogP contribution in [0, 0.1) is 0 Å². The number of piperidine rings is 1. The van der Waals surface area contributed by atoms with Crippen molar-refractivity contribution in [1.82, 2.24) is 4.90 Å². The number of likely N-dealkylation sites (tertiary alicyclic amines) is 1. The molecule has 1 heterocycles. The lowest BCUT2D eigenvalue weighted by Crippen LogP contribution is -2.42. The molecule has 1 atom stereocenters. The van der Waals surface area contributed by atoms with Crippen molar-refractivity contribution in [3.63, 3.8) is 0 Å². The van der Waals surface area contributed by atoms with E-state index in [1.807, 2.05) is 4.90 Å². The van der Waals surface area contributed by atoms with E-state index in [2.05, 4.69) is 0 Å². The van der Waals surface area contributed by atoms with Crippen LogP contribution in [0.3, 0.4) is 0 Å². The lowest BCUT2D eigenvalue weighted by atomic mass is 10.0. The van der Waals surface area contributed by atoms with Crippen molar-refractivity contribution in [3.05, 3.63) is 0 Å². The molecule has 1 fully saturated rings. The molecule has 14 heavy (non-hydrogen) atoms. The molecule has 5 heteroatoms. The molecule has 84 valence electrons. The second-order valence-electron chi connectivity index (χ2n) is 3.71. The molecule has 0 amide bonds. The molecule has 0 spiro atoms. The summed E-state index contributed by atoms with van der Waals surface area (Å²) in [6.07, 6.45) is -1.76. The van der Waals surface area contributed by atoms with Gasteiger partial charge in [0.05, 0.1) is 6.42 Å². The molecule has 1 aliphatic rings. The van der Waals surface area contributed by atoms with Crippen LogP contribution < -0.4 is 0 Å². The number of halogens is 4. The standard InChI is InChI=1S/C9H15ClF3N/c10-7-8-3-1-2-5-14(8)6-4-9(11,12)13/h8H,1-7H2. The highest BCUT2D eigenvalue weighted by Crippen LogP contribution is 2.23. The number of hydrogen-bond acceptors (Lipinski definition) is 1. The van der Waals surface area contributed by atoms with Crippen molar-refractivity contribution in [2.75, 3.05) is 19.0 Å². The molecule has 1 nitrogen and oxygen atoms in total. The fourth-order valence-corrected chi connectivity index (χ4v) is 2.15. The van der Waals surface area contributed by atoms with Crippen molar-refractivity contribution < 1.29 is 13.2 Å². The number of alkyl halides is 4. The van der Waals surface area contributed by atoms with Gasteiger partial charge in [-0.3, -0.25) is 4.90 Å². The number of rotatable bonds is 3. The largest absolute Gasteiger partial charge is 0.390 e. The monoisotopic (exact) mass is 229 g/mol. The van der Waals surface area contributed by atoms with E-state index in [1.54, 1.807) is 0 Å². The third kappa shape index (κ3) is 4.05. The van der Waals surface area contributed by atoms with E-state index in [0.717, 1.165) is 25.8 Å². The van der Waals surface area contributed by atoms with Gasteiger partial charge < -0.3 is 0 Å². The minimum atomic E-state index is -4.05. The maximum absolute atomic E-state index is 12.0. The summed E-state index contributed by atoms with van der Waals surface area (Å²) >= 11 is 5.70. The molecule has 1 unspecified atom stereocenters. The Morgan fingerprint density at radius 2 is 2.00 bits per heavy atom.